The van der Waals surface area contributed by atoms with Crippen LogP contribution in [-0.2, 0) is 4.79 Å². The van der Waals surface area contributed by atoms with E-state index in [0.717, 1.165) is 12.8 Å². The van der Waals surface area contributed by atoms with Gasteiger partial charge in [-0.05, 0) is 37.0 Å². The van der Waals surface area contributed by atoms with Gasteiger partial charge in [-0.2, -0.15) is 0 Å². The number of benzene rings is 1. The van der Waals surface area contributed by atoms with Crippen molar-refractivity contribution in [3.05, 3.63) is 29.8 Å². The van der Waals surface area contributed by atoms with E-state index in [0.29, 0.717) is 17.8 Å². The van der Waals surface area contributed by atoms with Crippen molar-refractivity contribution in [1.82, 2.24) is 5.32 Å². The molecule has 0 saturated heterocycles. The molecule has 0 aliphatic rings. The molecule has 5 heteroatoms. The van der Waals surface area contributed by atoms with E-state index >= 15 is 0 Å². The molecule has 1 aromatic rings. The van der Waals surface area contributed by atoms with Gasteiger partial charge in [0, 0.05) is 31.3 Å². The predicted molar refractivity (Wildman–Crippen MR) is 78.6 cm³/mol. The zero-order valence-corrected chi connectivity index (χ0v) is 12.0. The molecule has 0 aliphatic heterocycles. The summed E-state index contributed by atoms with van der Waals surface area (Å²) in [5, 5.41) is 14.4. The average Bonchev–Trinajstić information content (AvgIpc) is 2.42. The molecule has 2 amide bonds. The Kier molecular flexibility index (Phi) is 6.73. The van der Waals surface area contributed by atoms with Crippen LogP contribution in [0.1, 0.15) is 37.0 Å². The molecule has 3 N–H and O–H groups in total. The van der Waals surface area contributed by atoms with Crippen molar-refractivity contribution >= 4 is 17.5 Å². The number of hydrogen-bond donors (Lipinski definition) is 3. The lowest BCUT2D eigenvalue weighted by Gasteiger charge is -2.09. The van der Waals surface area contributed by atoms with Gasteiger partial charge < -0.3 is 15.7 Å². The lowest BCUT2D eigenvalue weighted by atomic mass is 10.1. The summed E-state index contributed by atoms with van der Waals surface area (Å²) in [5.74, 6) is -0.0654. The van der Waals surface area contributed by atoms with Gasteiger partial charge in [-0.15, -0.1) is 0 Å². The van der Waals surface area contributed by atoms with E-state index in [-0.39, 0.29) is 24.3 Å². The number of carbonyl (C=O) groups is 2. The molecular formula is C15H22N2O3. The molecule has 1 rings (SSSR count). The van der Waals surface area contributed by atoms with E-state index in [1.807, 2.05) is 6.92 Å². The predicted octanol–water partition coefficient (Wildman–Crippen LogP) is 1.78. The fourth-order valence-electron chi connectivity index (χ4n) is 1.79. The van der Waals surface area contributed by atoms with Crippen molar-refractivity contribution in [3.8, 4) is 0 Å². The molecule has 0 radical (unpaired) electrons. The molecule has 0 bridgehead atoms. The van der Waals surface area contributed by atoms with Gasteiger partial charge in [-0.3, -0.25) is 9.59 Å². The Bertz CT molecular complexity index is 460. The number of aliphatic hydroxyl groups excluding tert-OH is 1. The van der Waals surface area contributed by atoms with Crippen LogP contribution in [0.2, 0.25) is 0 Å². The minimum atomic E-state index is -0.166. The monoisotopic (exact) mass is 278 g/mol. The van der Waals surface area contributed by atoms with Crippen molar-refractivity contribution < 1.29 is 14.7 Å². The van der Waals surface area contributed by atoms with Crippen molar-refractivity contribution in [2.75, 3.05) is 18.5 Å². The van der Waals surface area contributed by atoms with Crippen LogP contribution in [0.4, 0.5) is 5.69 Å². The van der Waals surface area contributed by atoms with Crippen molar-refractivity contribution in [1.29, 1.82) is 0 Å². The summed E-state index contributed by atoms with van der Waals surface area (Å²) in [6, 6.07) is 6.82. The molecule has 5 nitrogen and oxygen atoms in total. The Balaban J connectivity index is 2.45. The molecule has 0 heterocycles. The summed E-state index contributed by atoms with van der Waals surface area (Å²) in [5.41, 5.74) is 1.13. The Hall–Kier alpha value is -1.88. The Morgan fingerprint density at radius 3 is 2.75 bits per heavy atom. The van der Waals surface area contributed by atoms with E-state index in [9.17, 15) is 9.59 Å². The second-order valence-corrected chi connectivity index (χ2v) is 4.95. The maximum Gasteiger partial charge on any atom is 0.251 e. The van der Waals surface area contributed by atoms with Crippen LogP contribution in [0, 0.1) is 5.92 Å². The highest BCUT2D eigenvalue weighted by Crippen LogP contribution is 2.10. The van der Waals surface area contributed by atoms with E-state index in [2.05, 4.69) is 10.6 Å². The molecule has 0 fully saturated rings. The van der Waals surface area contributed by atoms with E-state index < -0.39 is 0 Å². The Morgan fingerprint density at radius 1 is 1.35 bits per heavy atom. The number of carbonyl (C=O) groups excluding carboxylic acids is 2. The lowest BCUT2D eigenvalue weighted by molar-refractivity contribution is -0.114. The van der Waals surface area contributed by atoms with E-state index in [1.54, 1.807) is 24.3 Å². The van der Waals surface area contributed by atoms with Gasteiger partial charge in [0.05, 0.1) is 0 Å². The summed E-state index contributed by atoms with van der Waals surface area (Å²) in [7, 11) is 0. The van der Waals surface area contributed by atoms with Gasteiger partial charge in [-0.1, -0.05) is 13.0 Å². The molecular weight excluding hydrogens is 256 g/mol. The molecule has 1 atom stereocenters. The maximum atomic E-state index is 11.9. The third kappa shape index (κ3) is 5.84. The van der Waals surface area contributed by atoms with Gasteiger partial charge in [0.15, 0.2) is 0 Å². The molecule has 1 unspecified atom stereocenters. The number of nitrogens with one attached hydrogen (secondary N) is 2. The molecule has 110 valence electrons. The van der Waals surface area contributed by atoms with Crippen LogP contribution in [-0.4, -0.2) is 30.1 Å². The normalized spacial score (nSPS) is 11.8. The van der Waals surface area contributed by atoms with Crippen LogP contribution >= 0.6 is 0 Å². The minimum Gasteiger partial charge on any atom is -0.396 e. The van der Waals surface area contributed by atoms with Crippen LogP contribution < -0.4 is 10.6 Å². The third-order valence-corrected chi connectivity index (χ3v) is 2.92. The van der Waals surface area contributed by atoms with Crippen LogP contribution in [0.3, 0.4) is 0 Å². The van der Waals surface area contributed by atoms with Gasteiger partial charge in [0.2, 0.25) is 5.91 Å². The SMILES string of the molecule is CC(=O)Nc1cccc(C(=O)NCCCC(C)CO)c1. The summed E-state index contributed by atoms with van der Waals surface area (Å²) in [6.07, 6.45) is 1.71. The number of rotatable bonds is 7. The molecule has 0 aliphatic carbocycles. The molecule has 0 spiro atoms. The van der Waals surface area contributed by atoms with Crippen LogP contribution in [0.25, 0.3) is 0 Å². The second kappa shape index (κ2) is 8.32. The quantitative estimate of drug-likeness (QED) is 0.665. The largest absolute Gasteiger partial charge is 0.396 e. The summed E-state index contributed by atoms with van der Waals surface area (Å²) >= 11 is 0. The van der Waals surface area contributed by atoms with Gasteiger partial charge in [0.25, 0.3) is 5.91 Å². The molecule has 0 aromatic heterocycles. The molecule has 0 saturated carbocycles. The van der Waals surface area contributed by atoms with Crippen molar-refractivity contribution in [2.24, 2.45) is 5.92 Å². The average molecular weight is 278 g/mol. The van der Waals surface area contributed by atoms with Gasteiger partial charge in [-0.25, -0.2) is 0 Å². The van der Waals surface area contributed by atoms with Crippen LogP contribution in [0.5, 0.6) is 0 Å². The first-order valence-corrected chi connectivity index (χ1v) is 6.79. The standard InChI is InChI=1S/C15H22N2O3/c1-11(10-18)5-4-8-16-15(20)13-6-3-7-14(9-13)17-12(2)19/h3,6-7,9,11,18H,4-5,8,10H2,1-2H3,(H,16,20)(H,17,19). The fourth-order valence-corrected chi connectivity index (χ4v) is 1.79. The van der Waals surface area contributed by atoms with Crippen molar-refractivity contribution in [3.63, 3.8) is 0 Å². The lowest BCUT2D eigenvalue weighted by Crippen LogP contribution is -2.25. The zero-order chi connectivity index (χ0) is 15.0. The number of amides is 2. The number of anilines is 1. The Morgan fingerprint density at radius 2 is 2.10 bits per heavy atom. The van der Waals surface area contributed by atoms with E-state index in [1.165, 1.54) is 6.92 Å². The maximum absolute atomic E-state index is 11.9. The topological polar surface area (TPSA) is 78.4 Å². The van der Waals surface area contributed by atoms with E-state index in [4.69, 9.17) is 5.11 Å². The fraction of sp³-hybridized carbons (Fsp3) is 0.467. The highest BCUT2D eigenvalue weighted by atomic mass is 16.3. The van der Waals surface area contributed by atoms with Gasteiger partial charge >= 0.3 is 0 Å². The zero-order valence-electron chi connectivity index (χ0n) is 12.0. The molecule has 1 aromatic carbocycles. The molecule has 20 heavy (non-hydrogen) atoms. The van der Waals surface area contributed by atoms with Gasteiger partial charge in [0.1, 0.15) is 0 Å². The summed E-state index contributed by atoms with van der Waals surface area (Å²) in [6.45, 7) is 4.15. The first-order valence-electron chi connectivity index (χ1n) is 6.79. The minimum absolute atomic E-state index is 0.158. The smallest absolute Gasteiger partial charge is 0.251 e. The number of aliphatic hydroxyl groups is 1. The highest BCUT2D eigenvalue weighted by Gasteiger charge is 2.06. The summed E-state index contributed by atoms with van der Waals surface area (Å²) in [4.78, 5) is 22.9. The number of hydrogen-bond acceptors (Lipinski definition) is 3. The Labute approximate surface area is 119 Å². The highest BCUT2D eigenvalue weighted by molar-refractivity contribution is 5.96. The second-order valence-electron chi connectivity index (χ2n) is 4.95. The first kappa shape index (κ1) is 16.2. The first-order chi connectivity index (χ1) is 9.52. The summed E-state index contributed by atoms with van der Waals surface area (Å²) < 4.78 is 0. The van der Waals surface area contributed by atoms with Crippen LogP contribution in [0.15, 0.2) is 24.3 Å². The third-order valence-electron chi connectivity index (χ3n) is 2.92. The van der Waals surface area contributed by atoms with Crippen molar-refractivity contribution in [2.45, 2.75) is 26.7 Å².